The number of para-hydroxylation sites is 1. The van der Waals surface area contributed by atoms with Crippen LogP contribution in [-0.4, -0.2) is 27.2 Å². The molecule has 8 N–H and O–H groups in total. The van der Waals surface area contributed by atoms with Gasteiger partial charge in [0.15, 0.2) is 5.82 Å². The topological polar surface area (TPSA) is 193 Å². The standard InChI is InChI=1S/C18H17Cl2N9O3/c19-10-6-5-9(12(20)7-10)8-32-13-4-2-1-3-11(13)14-15(28(23)16(21)30)25-18(27-26-14)29(24)17(22)31/h1-7H,8,23-24H2,(H2,21,30)(H2,22,31). The molecule has 14 heteroatoms. The predicted molar refractivity (Wildman–Crippen MR) is 119 cm³/mol. The van der Waals surface area contributed by atoms with Crippen LogP contribution in [0.2, 0.25) is 10.0 Å². The fourth-order valence-corrected chi connectivity index (χ4v) is 3.00. The molecule has 0 unspecified atom stereocenters. The van der Waals surface area contributed by atoms with Crippen LogP contribution in [0.1, 0.15) is 5.56 Å². The van der Waals surface area contributed by atoms with Crippen molar-refractivity contribution in [1.82, 2.24) is 15.2 Å². The number of primary amides is 2. The van der Waals surface area contributed by atoms with Gasteiger partial charge in [-0.3, -0.25) is 0 Å². The summed E-state index contributed by atoms with van der Waals surface area (Å²) in [5, 5.41) is 9.65. The monoisotopic (exact) mass is 477 g/mol. The molecule has 0 aliphatic carbocycles. The Morgan fingerprint density at radius 2 is 1.66 bits per heavy atom. The summed E-state index contributed by atoms with van der Waals surface area (Å²) in [7, 11) is 0. The number of rotatable bonds is 6. The lowest BCUT2D eigenvalue weighted by atomic mass is 10.1. The Morgan fingerprint density at radius 3 is 2.31 bits per heavy atom. The SMILES string of the molecule is NC(=O)N(N)c1nnc(-c2ccccc2OCc2ccc(Cl)cc2Cl)c(N(N)C(N)=O)n1. The van der Waals surface area contributed by atoms with Gasteiger partial charge in [0.1, 0.15) is 18.1 Å². The first kappa shape index (κ1) is 23.0. The molecule has 12 nitrogen and oxygen atoms in total. The largest absolute Gasteiger partial charge is 0.488 e. The highest BCUT2D eigenvalue weighted by Crippen LogP contribution is 2.34. The molecule has 166 valence electrons. The molecule has 2 aromatic carbocycles. The van der Waals surface area contributed by atoms with Gasteiger partial charge in [0, 0.05) is 21.2 Å². The van der Waals surface area contributed by atoms with Crippen LogP contribution < -0.4 is 37.9 Å². The lowest BCUT2D eigenvalue weighted by Gasteiger charge is -2.19. The third-order valence-corrected chi connectivity index (χ3v) is 4.70. The predicted octanol–water partition coefficient (Wildman–Crippen LogP) is 1.94. The number of halogens is 2. The minimum Gasteiger partial charge on any atom is -0.488 e. The molecule has 0 saturated heterocycles. The fourth-order valence-electron chi connectivity index (χ4n) is 2.54. The number of urea groups is 2. The first-order chi connectivity index (χ1) is 15.2. The average Bonchev–Trinajstić information content (AvgIpc) is 2.77. The number of benzene rings is 2. The maximum absolute atomic E-state index is 11.7. The highest BCUT2D eigenvalue weighted by molar-refractivity contribution is 6.35. The second kappa shape index (κ2) is 9.62. The molecule has 0 atom stereocenters. The molecule has 0 saturated carbocycles. The van der Waals surface area contributed by atoms with E-state index < -0.39 is 18.0 Å². The number of hydrazine groups is 2. The van der Waals surface area contributed by atoms with Gasteiger partial charge in [-0.05, 0) is 24.3 Å². The summed E-state index contributed by atoms with van der Waals surface area (Å²) >= 11 is 12.1. The number of nitrogens with zero attached hydrogens (tertiary/aromatic N) is 5. The third kappa shape index (κ3) is 4.95. The van der Waals surface area contributed by atoms with E-state index >= 15 is 0 Å². The van der Waals surface area contributed by atoms with E-state index in [1.54, 1.807) is 42.5 Å². The van der Waals surface area contributed by atoms with Crippen LogP contribution in [0.3, 0.4) is 0 Å². The lowest BCUT2D eigenvalue weighted by Crippen LogP contribution is -2.45. The summed E-state index contributed by atoms with van der Waals surface area (Å²) in [6.07, 6.45) is 0. The molecule has 0 spiro atoms. The van der Waals surface area contributed by atoms with Crippen molar-refractivity contribution < 1.29 is 14.3 Å². The Hall–Kier alpha value is -3.71. The number of hydrogen-bond donors (Lipinski definition) is 4. The van der Waals surface area contributed by atoms with Crippen molar-refractivity contribution in [2.75, 3.05) is 10.0 Å². The maximum atomic E-state index is 11.7. The number of carbonyl (C=O) groups is 2. The molecular formula is C18H17Cl2N9O3. The second-order valence-corrected chi connectivity index (χ2v) is 7.06. The van der Waals surface area contributed by atoms with Crippen molar-refractivity contribution in [2.45, 2.75) is 6.61 Å². The lowest BCUT2D eigenvalue weighted by molar-refractivity contribution is 0.253. The molecule has 1 heterocycles. The van der Waals surface area contributed by atoms with Crippen LogP contribution in [-0.2, 0) is 6.61 Å². The van der Waals surface area contributed by atoms with Crippen molar-refractivity contribution >= 4 is 47.0 Å². The fraction of sp³-hybridized carbons (Fsp3) is 0.0556. The summed E-state index contributed by atoms with van der Waals surface area (Å²) in [6, 6.07) is 9.60. The zero-order valence-corrected chi connectivity index (χ0v) is 17.8. The first-order valence-corrected chi connectivity index (χ1v) is 9.54. The Kier molecular flexibility index (Phi) is 6.90. The van der Waals surface area contributed by atoms with Crippen molar-refractivity contribution in [3.05, 3.63) is 58.1 Å². The van der Waals surface area contributed by atoms with Gasteiger partial charge in [0.25, 0.3) is 5.95 Å². The molecule has 0 fully saturated rings. The van der Waals surface area contributed by atoms with Crippen LogP contribution in [0.25, 0.3) is 11.3 Å². The average molecular weight is 478 g/mol. The van der Waals surface area contributed by atoms with Crippen molar-refractivity contribution in [3.8, 4) is 17.0 Å². The highest BCUT2D eigenvalue weighted by atomic mass is 35.5. The maximum Gasteiger partial charge on any atom is 0.336 e. The van der Waals surface area contributed by atoms with Crippen molar-refractivity contribution in [3.63, 3.8) is 0 Å². The van der Waals surface area contributed by atoms with Gasteiger partial charge in [-0.2, -0.15) is 9.99 Å². The molecule has 0 aliphatic rings. The molecule has 0 radical (unpaired) electrons. The number of aromatic nitrogens is 3. The Labute approximate surface area is 191 Å². The molecule has 4 amide bonds. The van der Waals surface area contributed by atoms with Gasteiger partial charge < -0.3 is 16.2 Å². The van der Waals surface area contributed by atoms with Gasteiger partial charge in [0.05, 0.1) is 0 Å². The molecular weight excluding hydrogens is 461 g/mol. The second-order valence-electron chi connectivity index (χ2n) is 6.22. The van der Waals surface area contributed by atoms with Gasteiger partial charge in [-0.25, -0.2) is 26.3 Å². The third-order valence-electron chi connectivity index (χ3n) is 4.12. The summed E-state index contributed by atoms with van der Waals surface area (Å²) in [6.45, 7) is 0.0989. The van der Waals surface area contributed by atoms with Gasteiger partial charge in [0.2, 0.25) is 0 Å². The summed E-state index contributed by atoms with van der Waals surface area (Å²) in [4.78, 5) is 27.0. The van der Waals surface area contributed by atoms with E-state index in [1.165, 1.54) is 0 Å². The smallest absolute Gasteiger partial charge is 0.336 e. The van der Waals surface area contributed by atoms with Crippen LogP contribution >= 0.6 is 23.2 Å². The number of hydrogen-bond acceptors (Lipinski definition) is 8. The Morgan fingerprint density at radius 1 is 0.969 bits per heavy atom. The van der Waals surface area contributed by atoms with Crippen LogP contribution in [0.15, 0.2) is 42.5 Å². The van der Waals surface area contributed by atoms with Crippen LogP contribution in [0.5, 0.6) is 5.75 Å². The number of nitrogens with two attached hydrogens (primary N) is 4. The van der Waals surface area contributed by atoms with Gasteiger partial charge in [-0.1, -0.05) is 41.4 Å². The summed E-state index contributed by atoms with van der Waals surface area (Å²) in [5.74, 6) is 11.0. The van der Waals surface area contributed by atoms with E-state index in [-0.39, 0.29) is 18.1 Å². The molecule has 0 bridgehead atoms. The zero-order chi connectivity index (χ0) is 23.4. The van der Waals surface area contributed by atoms with E-state index in [9.17, 15) is 9.59 Å². The minimum atomic E-state index is -1.06. The summed E-state index contributed by atoms with van der Waals surface area (Å²) < 4.78 is 5.90. The van der Waals surface area contributed by atoms with Crippen molar-refractivity contribution in [1.29, 1.82) is 0 Å². The van der Waals surface area contributed by atoms with E-state index in [1.807, 2.05) is 0 Å². The number of carbonyl (C=O) groups excluding carboxylic acids is 2. The van der Waals surface area contributed by atoms with Crippen LogP contribution in [0, 0.1) is 0 Å². The van der Waals surface area contributed by atoms with Gasteiger partial charge in [-0.15, -0.1) is 10.2 Å². The molecule has 3 rings (SSSR count). The number of anilines is 2. The molecule has 1 aromatic heterocycles. The quantitative estimate of drug-likeness (QED) is 0.234. The number of ether oxygens (including phenoxy) is 1. The normalized spacial score (nSPS) is 10.5. The molecule has 3 aromatic rings. The molecule has 32 heavy (non-hydrogen) atoms. The van der Waals surface area contributed by atoms with E-state index in [2.05, 4.69) is 15.2 Å². The Bertz CT molecular complexity index is 1180. The van der Waals surface area contributed by atoms with E-state index in [0.717, 1.165) is 0 Å². The van der Waals surface area contributed by atoms with Crippen LogP contribution in [0.4, 0.5) is 21.4 Å². The van der Waals surface area contributed by atoms with Gasteiger partial charge >= 0.3 is 12.1 Å². The molecule has 0 aliphatic heterocycles. The first-order valence-electron chi connectivity index (χ1n) is 8.78. The van der Waals surface area contributed by atoms with Crippen molar-refractivity contribution in [2.24, 2.45) is 23.2 Å². The highest BCUT2D eigenvalue weighted by Gasteiger charge is 2.24. The van der Waals surface area contributed by atoms with E-state index in [4.69, 9.17) is 51.1 Å². The number of amides is 4. The van der Waals surface area contributed by atoms with E-state index in [0.29, 0.717) is 36.9 Å². The zero-order valence-electron chi connectivity index (χ0n) is 16.3. The minimum absolute atomic E-state index is 0.0331. The Balaban J connectivity index is 2.03. The summed E-state index contributed by atoms with van der Waals surface area (Å²) in [5.41, 5.74) is 11.5.